The van der Waals surface area contributed by atoms with Gasteiger partial charge >= 0.3 is 0 Å². The van der Waals surface area contributed by atoms with Gasteiger partial charge in [0.2, 0.25) is 0 Å². The average Bonchev–Trinajstić information content (AvgIpc) is 2.93. The molecule has 1 aromatic heterocycles. The lowest BCUT2D eigenvalue weighted by atomic mass is 10.00. The molecule has 0 fully saturated rings. The summed E-state index contributed by atoms with van der Waals surface area (Å²) in [4.78, 5) is 3.80. The second-order valence-electron chi connectivity index (χ2n) is 4.30. The van der Waals surface area contributed by atoms with Crippen molar-refractivity contribution in [1.82, 2.24) is 10.3 Å². The minimum absolute atomic E-state index is 0. The molecule has 0 amide bonds. The number of thiazole rings is 1. The van der Waals surface area contributed by atoms with Crippen LogP contribution in [0.25, 0.3) is 0 Å². The number of fused-ring (bicyclic) bond motifs is 1. The molecule has 2 heterocycles. The molecule has 8 heteroatoms. The van der Waals surface area contributed by atoms with E-state index in [2.05, 4.69) is 15.0 Å². The summed E-state index contributed by atoms with van der Waals surface area (Å²) in [5.74, 6) is 0. The fourth-order valence-corrected chi connectivity index (χ4v) is 4.03. The van der Waals surface area contributed by atoms with Crippen LogP contribution >= 0.6 is 23.7 Å². The predicted molar refractivity (Wildman–Crippen MR) is 82.0 cm³/mol. The third-order valence-corrected chi connectivity index (χ3v) is 5.70. The van der Waals surface area contributed by atoms with Crippen LogP contribution in [-0.2, 0) is 23.0 Å². The zero-order chi connectivity index (χ0) is 13.3. The van der Waals surface area contributed by atoms with Crippen molar-refractivity contribution in [2.24, 2.45) is 0 Å². The molecule has 108 valence electrons. The fraction of sp³-hybridized carbons (Fsp3) is 0.250. The van der Waals surface area contributed by atoms with E-state index in [-0.39, 0.29) is 16.6 Å². The average molecular weight is 332 g/mol. The van der Waals surface area contributed by atoms with Gasteiger partial charge in [-0.1, -0.05) is 12.1 Å². The molecule has 0 unspecified atom stereocenters. The first-order valence-electron chi connectivity index (χ1n) is 5.89. The summed E-state index contributed by atoms with van der Waals surface area (Å²) in [6.07, 6.45) is 2.28. The van der Waals surface area contributed by atoms with Crippen molar-refractivity contribution in [3.63, 3.8) is 0 Å². The standard InChI is InChI=1S/C12H13N3O2S2.ClH/c16-19(17,12-7-14-8-18-12)15-11-3-1-2-9-4-5-13-6-10(9)11;/h1-3,7-8,13,15H,4-6H2;1H. The van der Waals surface area contributed by atoms with Crippen molar-refractivity contribution < 1.29 is 8.42 Å². The van der Waals surface area contributed by atoms with E-state index in [1.54, 1.807) is 6.07 Å². The quantitative estimate of drug-likeness (QED) is 0.902. The van der Waals surface area contributed by atoms with Gasteiger partial charge in [-0.2, -0.15) is 0 Å². The van der Waals surface area contributed by atoms with Crippen LogP contribution in [0, 0.1) is 0 Å². The van der Waals surface area contributed by atoms with E-state index in [4.69, 9.17) is 0 Å². The van der Waals surface area contributed by atoms with E-state index in [0.717, 1.165) is 29.9 Å². The van der Waals surface area contributed by atoms with E-state index in [1.807, 2.05) is 12.1 Å². The molecule has 5 nitrogen and oxygen atoms in total. The number of rotatable bonds is 3. The molecular formula is C12H14ClN3O2S2. The van der Waals surface area contributed by atoms with Gasteiger partial charge in [0, 0.05) is 6.54 Å². The van der Waals surface area contributed by atoms with E-state index in [1.165, 1.54) is 17.3 Å². The second kappa shape index (κ2) is 6.09. The maximum atomic E-state index is 12.2. The van der Waals surface area contributed by atoms with E-state index in [0.29, 0.717) is 12.2 Å². The van der Waals surface area contributed by atoms with Gasteiger partial charge in [0.05, 0.1) is 17.4 Å². The Morgan fingerprint density at radius 1 is 1.35 bits per heavy atom. The summed E-state index contributed by atoms with van der Waals surface area (Å²) in [5, 5.41) is 3.26. The largest absolute Gasteiger partial charge is 0.312 e. The van der Waals surface area contributed by atoms with Crippen LogP contribution in [0.1, 0.15) is 11.1 Å². The zero-order valence-corrected chi connectivity index (χ0v) is 12.9. The van der Waals surface area contributed by atoms with Crippen molar-refractivity contribution in [3.8, 4) is 0 Å². The highest BCUT2D eigenvalue weighted by molar-refractivity contribution is 7.94. The Morgan fingerprint density at radius 2 is 2.20 bits per heavy atom. The normalized spacial score (nSPS) is 14.2. The number of benzene rings is 1. The number of anilines is 1. The lowest BCUT2D eigenvalue weighted by molar-refractivity contribution is 0.602. The van der Waals surface area contributed by atoms with Crippen LogP contribution in [0.15, 0.2) is 34.1 Å². The molecule has 1 aromatic carbocycles. The van der Waals surface area contributed by atoms with Crippen LogP contribution in [-0.4, -0.2) is 19.9 Å². The number of hydrogen-bond donors (Lipinski definition) is 2. The minimum Gasteiger partial charge on any atom is -0.312 e. The lowest BCUT2D eigenvalue weighted by Gasteiger charge is -2.20. The van der Waals surface area contributed by atoms with E-state index in [9.17, 15) is 8.42 Å². The Hall–Kier alpha value is -1.15. The number of nitrogens with one attached hydrogen (secondary N) is 2. The smallest absolute Gasteiger partial charge is 0.273 e. The summed E-state index contributed by atoms with van der Waals surface area (Å²) in [6, 6.07) is 5.72. The van der Waals surface area contributed by atoms with Crippen LogP contribution in [0.2, 0.25) is 0 Å². The number of aromatic nitrogens is 1. The zero-order valence-electron chi connectivity index (χ0n) is 10.5. The molecule has 2 aromatic rings. The van der Waals surface area contributed by atoms with E-state index < -0.39 is 10.0 Å². The minimum atomic E-state index is -3.53. The Kier molecular flexibility index (Phi) is 4.64. The molecule has 3 rings (SSSR count). The molecule has 1 aliphatic rings. The van der Waals surface area contributed by atoms with Gasteiger partial charge in [-0.25, -0.2) is 8.42 Å². The van der Waals surface area contributed by atoms with Crippen LogP contribution < -0.4 is 10.0 Å². The molecule has 0 spiro atoms. The summed E-state index contributed by atoms with van der Waals surface area (Å²) >= 11 is 1.11. The molecule has 20 heavy (non-hydrogen) atoms. The molecule has 0 saturated carbocycles. The van der Waals surface area contributed by atoms with Gasteiger partial charge < -0.3 is 5.32 Å². The summed E-state index contributed by atoms with van der Waals surface area (Å²) in [7, 11) is -3.53. The van der Waals surface area contributed by atoms with Crippen LogP contribution in [0.3, 0.4) is 0 Å². The number of hydrogen-bond acceptors (Lipinski definition) is 5. The Morgan fingerprint density at radius 3 is 2.95 bits per heavy atom. The fourth-order valence-electron chi connectivity index (χ4n) is 2.14. The predicted octanol–water partition coefficient (Wildman–Crippen LogP) is 2.01. The number of halogens is 1. The molecule has 0 aliphatic carbocycles. The molecule has 2 N–H and O–H groups in total. The molecular weight excluding hydrogens is 318 g/mol. The first-order chi connectivity index (χ1) is 9.17. The maximum Gasteiger partial charge on any atom is 0.273 e. The first-order valence-corrected chi connectivity index (χ1v) is 8.26. The second-order valence-corrected chi connectivity index (χ2v) is 7.09. The molecule has 0 saturated heterocycles. The number of nitrogens with zero attached hydrogens (tertiary/aromatic N) is 1. The molecule has 0 radical (unpaired) electrons. The lowest BCUT2D eigenvalue weighted by Crippen LogP contribution is -2.25. The van der Waals surface area contributed by atoms with Crippen molar-refractivity contribution in [2.75, 3.05) is 11.3 Å². The highest BCUT2D eigenvalue weighted by Crippen LogP contribution is 2.26. The van der Waals surface area contributed by atoms with Gasteiger partial charge in [-0.15, -0.1) is 23.7 Å². The maximum absolute atomic E-state index is 12.2. The van der Waals surface area contributed by atoms with Crippen molar-refractivity contribution in [3.05, 3.63) is 41.0 Å². The van der Waals surface area contributed by atoms with Gasteiger partial charge in [0.15, 0.2) is 4.21 Å². The van der Waals surface area contributed by atoms with Crippen molar-refractivity contribution >= 4 is 39.5 Å². The molecule has 1 aliphatic heterocycles. The highest BCUT2D eigenvalue weighted by Gasteiger charge is 2.19. The van der Waals surface area contributed by atoms with Gasteiger partial charge in [-0.05, 0) is 30.2 Å². The highest BCUT2D eigenvalue weighted by atomic mass is 35.5. The third kappa shape index (κ3) is 2.95. The molecule has 0 bridgehead atoms. The van der Waals surface area contributed by atoms with E-state index >= 15 is 0 Å². The monoisotopic (exact) mass is 331 g/mol. The molecule has 0 atom stereocenters. The van der Waals surface area contributed by atoms with Gasteiger partial charge in [-0.3, -0.25) is 9.71 Å². The van der Waals surface area contributed by atoms with Crippen molar-refractivity contribution in [2.45, 2.75) is 17.2 Å². The van der Waals surface area contributed by atoms with Crippen molar-refractivity contribution in [1.29, 1.82) is 0 Å². The third-order valence-electron chi connectivity index (χ3n) is 3.06. The van der Waals surface area contributed by atoms with Crippen LogP contribution in [0.5, 0.6) is 0 Å². The Balaban J connectivity index is 0.00000147. The van der Waals surface area contributed by atoms with Gasteiger partial charge in [0.1, 0.15) is 0 Å². The van der Waals surface area contributed by atoms with Gasteiger partial charge in [0.25, 0.3) is 10.0 Å². The SMILES string of the molecule is Cl.O=S(=O)(Nc1cccc2c1CNCC2)c1cncs1. The summed E-state index contributed by atoms with van der Waals surface area (Å²) < 4.78 is 27.3. The first kappa shape index (κ1) is 15.2. The van der Waals surface area contributed by atoms with Crippen LogP contribution in [0.4, 0.5) is 5.69 Å². The Bertz CT molecular complexity index is 687. The summed E-state index contributed by atoms with van der Waals surface area (Å²) in [6.45, 7) is 1.62. The number of sulfonamides is 1. The topological polar surface area (TPSA) is 71.1 Å². The Labute approximate surface area is 127 Å². The summed E-state index contributed by atoms with van der Waals surface area (Å²) in [5.41, 5.74) is 4.39.